The van der Waals surface area contributed by atoms with Crippen LogP contribution in [-0.2, 0) is 17.8 Å². The Balaban J connectivity index is 2.29. The first kappa shape index (κ1) is 18.1. The number of aryl methyl sites for hydroxylation is 1. The fraction of sp³-hybridized carbons (Fsp3) is 0.389. The summed E-state index contributed by atoms with van der Waals surface area (Å²) in [6.45, 7) is 3.24. The molecule has 3 aromatic rings. The van der Waals surface area contributed by atoms with Crippen molar-refractivity contribution < 1.29 is 9.13 Å². The summed E-state index contributed by atoms with van der Waals surface area (Å²) >= 11 is 0. The van der Waals surface area contributed by atoms with E-state index in [1.165, 1.54) is 16.7 Å². The number of ether oxygens (including phenoxy) is 1. The molecule has 3 rings (SSSR count). The second-order valence-corrected chi connectivity index (χ2v) is 6.02. The molecule has 1 N–H and O–H groups in total. The van der Waals surface area contributed by atoms with Gasteiger partial charge in [-0.3, -0.25) is 14.3 Å². The van der Waals surface area contributed by atoms with Gasteiger partial charge < -0.3 is 9.30 Å². The topological polar surface area (TPSA) is 81.9 Å². The maximum absolute atomic E-state index is 13.3. The van der Waals surface area contributed by atoms with Crippen LogP contribution >= 0.6 is 0 Å². The number of hydrogen-bond donors (Lipinski definition) is 1. The Morgan fingerprint density at radius 1 is 1.15 bits per heavy atom. The van der Waals surface area contributed by atoms with Gasteiger partial charge in [-0.25, -0.2) is 14.2 Å². The lowest BCUT2D eigenvalue weighted by atomic mass is 10.2. The number of nitrogens with zero attached hydrogens (tertiary/aromatic N) is 3. The Morgan fingerprint density at radius 3 is 2.54 bits per heavy atom. The van der Waals surface area contributed by atoms with Gasteiger partial charge in [0.1, 0.15) is 11.6 Å². The largest absolute Gasteiger partial charge is 0.383 e. The van der Waals surface area contributed by atoms with Gasteiger partial charge in [0.25, 0.3) is 5.56 Å². The molecule has 0 amide bonds. The fourth-order valence-electron chi connectivity index (χ4n) is 2.92. The van der Waals surface area contributed by atoms with Gasteiger partial charge in [0, 0.05) is 25.8 Å². The van der Waals surface area contributed by atoms with Crippen LogP contribution in [0, 0.1) is 5.82 Å². The molecule has 0 radical (unpaired) electrons. The van der Waals surface area contributed by atoms with Crippen LogP contribution in [0.15, 0.2) is 33.9 Å². The van der Waals surface area contributed by atoms with Gasteiger partial charge in [0.05, 0.1) is 6.61 Å². The van der Waals surface area contributed by atoms with E-state index < -0.39 is 11.2 Å². The van der Waals surface area contributed by atoms with Gasteiger partial charge in [-0.15, -0.1) is 0 Å². The van der Waals surface area contributed by atoms with Gasteiger partial charge in [-0.1, -0.05) is 13.3 Å². The molecule has 0 aliphatic carbocycles. The van der Waals surface area contributed by atoms with E-state index in [2.05, 4.69) is 9.97 Å². The number of hydrogen-bond acceptors (Lipinski definition) is 4. The molecule has 0 spiro atoms. The zero-order chi connectivity index (χ0) is 18.7. The summed E-state index contributed by atoms with van der Waals surface area (Å²) in [5, 5.41) is 0. The second kappa shape index (κ2) is 7.65. The van der Waals surface area contributed by atoms with E-state index in [1.807, 2.05) is 6.92 Å². The van der Waals surface area contributed by atoms with Crippen molar-refractivity contribution in [2.75, 3.05) is 13.7 Å². The number of nitrogens with one attached hydrogen (secondary N) is 1. The van der Waals surface area contributed by atoms with Crippen molar-refractivity contribution in [2.24, 2.45) is 0 Å². The molecule has 0 bridgehead atoms. The number of rotatable bonds is 7. The number of aromatic amines is 1. The number of imidazole rings is 1. The minimum Gasteiger partial charge on any atom is -0.383 e. The smallest absolute Gasteiger partial charge is 0.330 e. The normalized spacial score (nSPS) is 11.3. The Bertz CT molecular complexity index is 1020. The summed E-state index contributed by atoms with van der Waals surface area (Å²) in [7, 11) is 1.57. The summed E-state index contributed by atoms with van der Waals surface area (Å²) < 4.78 is 21.6. The third-order valence-electron chi connectivity index (χ3n) is 4.24. The average Bonchev–Trinajstić information content (AvgIpc) is 3.00. The lowest BCUT2D eigenvalue weighted by molar-refractivity contribution is 0.188. The van der Waals surface area contributed by atoms with Gasteiger partial charge in [-0.05, 0) is 30.7 Å². The molecule has 2 aromatic heterocycles. The Hall–Kier alpha value is -2.74. The summed E-state index contributed by atoms with van der Waals surface area (Å²) in [6, 6.07) is 5.87. The number of benzene rings is 1. The van der Waals surface area contributed by atoms with Crippen LogP contribution in [0.3, 0.4) is 0 Å². The standard InChI is InChI=1S/C18H21FN4O3/c1-3-4-9-23-16-14(17(24)21-18(23)25)22(10-11-26-2)15(20-16)12-5-7-13(19)8-6-12/h5-8H,3-4,9-11H2,1-2H3,(H,21,24,25). The predicted octanol–water partition coefficient (Wildman–Crippen LogP) is 2.14. The monoisotopic (exact) mass is 360 g/mol. The van der Waals surface area contributed by atoms with E-state index in [0.717, 1.165) is 12.8 Å². The van der Waals surface area contributed by atoms with Crippen LogP contribution in [-0.4, -0.2) is 32.8 Å². The SMILES string of the molecule is CCCCn1c(=O)[nH]c(=O)c2c1nc(-c1ccc(F)cc1)n2CCOC. The van der Waals surface area contributed by atoms with E-state index in [4.69, 9.17) is 4.74 Å². The van der Waals surface area contributed by atoms with Crippen molar-refractivity contribution in [1.82, 2.24) is 19.1 Å². The molecule has 1 aromatic carbocycles. The molecule has 0 saturated heterocycles. The minimum absolute atomic E-state index is 0.317. The number of aromatic nitrogens is 4. The number of H-pyrrole nitrogens is 1. The predicted molar refractivity (Wildman–Crippen MR) is 96.8 cm³/mol. The minimum atomic E-state index is -0.491. The molecular formula is C18H21FN4O3. The summed E-state index contributed by atoms with van der Waals surface area (Å²) in [5.74, 6) is 0.143. The highest BCUT2D eigenvalue weighted by molar-refractivity contribution is 5.77. The molecule has 2 heterocycles. The molecule has 0 saturated carbocycles. The van der Waals surface area contributed by atoms with Crippen LogP contribution in [0.5, 0.6) is 0 Å². The van der Waals surface area contributed by atoms with E-state index >= 15 is 0 Å². The van der Waals surface area contributed by atoms with Crippen molar-refractivity contribution in [2.45, 2.75) is 32.9 Å². The third kappa shape index (κ3) is 3.32. The van der Waals surface area contributed by atoms with Gasteiger partial charge in [0.15, 0.2) is 11.2 Å². The molecule has 0 atom stereocenters. The van der Waals surface area contributed by atoms with E-state index in [-0.39, 0.29) is 5.82 Å². The summed E-state index contributed by atoms with van der Waals surface area (Å²) in [5.41, 5.74) is 0.347. The average molecular weight is 360 g/mol. The number of unbranched alkanes of at least 4 members (excludes halogenated alkanes) is 1. The maximum atomic E-state index is 13.3. The number of methoxy groups -OCH3 is 1. The number of fused-ring (bicyclic) bond motifs is 1. The van der Waals surface area contributed by atoms with Gasteiger partial charge >= 0.3 is 5.69 Å². The van der Waals surface area contributed by atoms with Crippen LogP contribution in [0.4, 0.5) is 4.39 Å². The van der Waals surface area contributed by atoms with Crippen molar-refractivity contribution >= 4 is 11.2 Å². The first-order valence-electron chi connectivity index (χ1n) is 8.55. The van der Waals surface area contributed by atoms with Crippen LogP contribution in [0.1, 0.15) is 19.8 Å². The van der Waals surface area contributed by atoms with E-state index in [0.29, 0.717) is 42.2 Å². The zero-order valence-electron chi connectivity index (χ0n) is 14.8. The number of halogens is 1. The van der Waals surface area contributed by atoms with Crippen LogP contribution in [0.2, 0.25) is 0 Å². The molecule has 138 valence electrons. The Labute approximate surface area is 149 Å². The Morgan fingerprint density at radius 2 is 1.88 bits per heavy atom. The van der Waals surface area contributed by atoms with Crippen molar-refractivity contribution in [3.05, 3.63) is 50.9 Å². The highest BCUT2D eigenvalue weighted by Crippen LogP contribution is 2.23. The highest BCUT2D eigenvalue weighted by Gasteiger charge is 2.19. The van der Waals surface area contributed by atoms with Gasteiger partial charge in [-0.2, -0.15) is 0 Å². The van der Waals surface area contributed by atoms with E-state index in [9.17, 15) is 14.0 Å². The molecule has 26 heavy (non-hydrogen) atoms. The van der Waals surface area contributed by atoms with Crippen LogP contribution in [0.25, 0.3) is 22.6 Å². The van der Waals surface area contributed by atoms with Crippen molar-refractivity contribution in [3.63, 3.8) is 0 Å². The lowest BCUT2D eigenvalue weighted by Gasteiger charge is -2.08. The first-order valence-corrected chi connectivity index (χ1v) is 8.55. The summed E-state index contributed by atoms with van der Waals surface area (Å²) in [6.07, 6.45) is 1.69. The zero-order valence-corrected chi connectivity index (χ0v) is 14.8. The third-order valence-corrected chi connectivity index (χ3v) is 4.24. The lowest BCUT2D eigenvalue weighted by Crippen LogP contribution is -2.31. The Kier molecular flexibility index (Phi) is 5.32. The maximum Gasteiger partial charge on any atom is 0.330 e. The quantitative estimate of drug-likeness (QED) is 0.700. The molecular weight excluding hydrogens is 339 g/mol. The molecule has 7 nitrogen and oxygen atoms in total. The van der Waals surface area contributed by atoms with Crippen LogP contribution < -0.4 is 11.2 Å². The summed E-state index contributed by atoms with van der Waals surface area (Å²) in [4.78, 5) is 31.7. The fourth-order valence-corrected chi connectivity index (χ4v) is 2.92. The molecule has 0 fully saturated rings. The molecule has 0 unspecified atom stereocenters. The molecule has 0 aliphatic rings. The van der Waals surface area contributed by atoms with E-state index in [1.54, 1.807) is 23.8 Å². The highest BCUT2D eigenvalue weighted by atomic mass is 19.1. The second-order valence-electron chi connectivity index (χ2n) is 6.02. The molecule has 0 aliphatic heterocycles. The molecule has 8 heteroatoms. The van der Waals surface area contributed by atoms with Crippen molar-refractivity contribution in [3.8, 4) is 11.4 Å². The first-order chi connectivity index (χ1) is 12.6. The van der Waals surface area contributed by atoms with Gasteiger partial charge in [0.2, 0.25) is 0 Å². The van der Waals surface area contributed by atoms with Crippen molar-refractivity contribution in [1.29, 1.82) is 0 Å².